The molecule has 0 fully saturated rings. The second-order valence-corrected chi connectivity index (χ2v) is 5.51. The van der Waals surface area contributed by atoms with Crippen molar-refractivity contribution >= 4 is 11.7 Å². The van der Waals surface area contributed by atoms with Crippen LogP contribution in [0.15, 0.2) is 48.5 Å². The number of carbonyl (C=O) groups excluding carboxylic acids is 1. The van der Waals surface area contributed by atoms with E-state index < -0.39 is 11.6 Å². The van der Waals surface area contributed by atoms with Gasteiger partial charge in [-0.25, -0.2) is 4.79 Å². The maximum Gasteiger partial charge on any atom is 0.319 e. The van der Waals surface area contributed by atoms with Crippen LogP contribution in [0, 0.1) is 0 Å². The minimum Gasteiger partial charge on any atom is -0.497 e. The number of carbonyl (C=O) groups is 1. The third-order valence-electron chi connectivity index (χ3n) is 3.65. The zero-order chi connectivity index (χ0) is 17.6. The van der Waals surface area contributed by atoms with E-state index in [4.69, 9.17) is 9.47 Å². The Morgan fingerprint density at radius 3 is 2.46 bits per heavy atom. The van der Waals surface area contributed by atoms with E-state index in [1.807, 2.05) is 30.3 Å². The fourth-order valence-corrected chi connectivity index (χ4v) is 2.22. The molecular weight excluding hydrogens is 308 g/mol. The van der Waals surface area contributed by atoms with Crippen molar-refractivity contribution in [3.05, 3.63) is 54.1 Å². The van der Waals surface area contributed by atoms with Gasteiger partial charge in [-0.05, 0) is 24.6 Å². The van der Waals surface area contributed by atoms with E-state index in [2.05, 4.69) is 10.6 Å². The van der Waals surface area contributed by atoms with Crippen LogP contribution in [-0.2, 0) is 5.60 Å². The van der Waals surface area contributed by atoms with Crippen LogP contribution in [0.1, 0.15) is 12.5 Å². The van der Waals surface area contributed by atoms with Crippen LogP contribution in [0.4, 0.5) is 10.5 Å². The van der Waals surface area contributed by atoms with Gasteiger partial charge in [0.15, 0.2) is 0 Å². The highest BCUT2D eigenvalue weighted by Crippen LogP contribution is 2.29. The summed E-state index contributed by atoms with van der Waals surface area (Å²) in [6.07, 6.45) is 0. The molecule has 2 rings (SSSR count). The zero-order valence-electron chi connectivity index (χ0n) is 14.0. The third-order valence-corrected chi connectivity index (χ3v) is 3.65. The van der Waals surface area contributed by atoms with Gasteiger partial charge in [-0.3, -0.25) is 0 Å². The first-order valence-electron chi connectivity index (χ1n) is 7.51. The summed E-state index contributed by atoms with van der Waals surface area (Å²) < 4.78 is 10.3. The molecule has 24 heavy (non-hydrogen) atoms. The van der Waals surface area contributed by atoms with Gasteiger partial charge in [-0.1, -0.05) is 30.3 Å². The molecule has 0 aliphatic carbocycles. The number of hydrogen-bond acceptors (Lipinski definition) is 4. The first-order chi connectivity index (χ1) is 11.5. The molecule has 0 bridgehead atoms. The summed E-state index contributed by atoms with van der Waals surface area (Å²) in [5.74, 6) is 1.11. The van der Waals surface area contributed by atoms with Crippen LogP contribution < -0.4 is 20.1 Å². The number of aliphatic hydroxyl groups is 1. The smallest absolute Gasteiger partial charge is 0.319 e. The van der Waals surface area contributed by atoms with Gasteiger partial charge in [0.2, 0.25) is 0 Å². The lowest BCUT2D eigenvalue weighted by atomic mass is 9.96. The molecule has 2 aromatic carbocycles. The number of methoxy groups -OCH3 is 2. The Morgan fingerprint density at radius 2 is 1.83 bits per heavy atom. The van der Waals surface area contributed by atoms with Crippen molar-refractivity contribution < 1.29 is 19.4 Å². The van der Waals surface area contributed by atoms with Crippen molar-refractivity contribution in [3.63, 3.8) is 0 Å². The molecular formula is C18H22N2O4. The molecule has 1 atom stereocenters. The molecule has 0 aliphatic heterocycles. The van der Waals surface area contributed by atoms with Crippen LogP contribution in [0.3, 0.4) is 0 Å². The van der Waals surface area contributed by atoms with Gasteiger partial charge in [0, 0.05) is 6.07 Å². The lowest BCUT2D eigenvalue weighted by molar-refractivity contribution is 0.0599. The maximum absolute atomic E-state index is 12.1. The largest absolute Gasteiger partial charge is 0.497 e. The summed E-state index contributed by atoms with van der Waals surface area (Å²) >= 11 is 0. The predicted molar refractivity (Wildman–Crippen MR) is 92.6 cm³/mol. The second-order valence-electron chi connectivity index (χ2n) is 5.51. The average molecular weight is 330 g/mol. The van der Waals surface area contributed by atoms with Gasteiger partial charge in [-0.2, -0.15) is 0 Å². The number of anilines is 1. The molecule has 0 saturated heterocycles. The Labute approximate surface area is 141 Å². The summed E-state index contributed by atoms with van der Waals surface area (Å²) in [4.78, 5) is 12.1. The first-order valence-corrected chi connectivity index (χ1v) is 7.51. The van der Waals surface area contributed by atoms with E-state index in [0.717, 1.165) is 5.56 Å². The van der Waals surface area contributed by atoms with Crippen molar-refractivity contribution in [3.8, 4) is 11.5 Å². The fraction of sp³-hybridized carbons (Fsp3) is 0.278. The first kappa shape index (κ1) is 17.6. The highest BCUT2D eigenvalue weighted by molar-refractivity contribution is 5.91. The molecule has 2 aromatic rings. The van der Waals surface area contributed by atoms with Crippen LogP contribution in [0.25, 0.3) is 0 Å². The van der Waals surface area contributed by atoms with Gasteiger partial charge < -0.3 is 25.2 Å². The van der Waals surface area contributed by atoms with E-state index >= 15 is 0 Å². The van der Waals surface area contributed by atoms with E-state index in [9.17, 15) is 9.90 Å². The second kappa shape index (κ2) is 7.70. The third kappa shape index (κ3) is 4.39. The summed E-state index contributed by atoms with van der Waals surface area (Å²) in [6.45, 7) is 1.72. The molecule has 0 aromatic heterocycles. The molecule has 0 radical (unpaired) electrons. The minimum absolute atomic E-state index is 0.0708. The summed E-state index contributed by atoms with van der Waals surface area (Å²) in [5, 5.41) is 15.8. The number of urea groups is 1. The molecule has 128 valence electrons. The number of rotatable bonds is 6. The molecule has 6 heteroatoms. The van der Waals surface area contributed by atoms with Crippen LogP contribution in [-0.4, -0.2) is 31.9 Å². The Balaban J connectivity index is 1.99. The number of nitrogens with one attached hydrogen (secondary N) is 2. The number of benzene rings is 2. The van der Waals surface area contributed by atoms with Gasteiger partial charge in [0.1, 0.15) is 17.1 Å². The maximum atomic E-state index is 12.1. The summed E-state index contributed by atoms with van der Waals surface area (Å²) in [7, 11) is 3.07. The fourth-order valence-electron chi connectivity index (χ4n) is 2.22. The van der Waals surface area contributed by atoms with Crippen molar-refractivity contribution in [2.75, 3.05) is 26.1 Å². The molecule has 0 heterocycles. The molecule has 0 spiro atoms. The Kier molecular flexibility index (Phi) is 5.65. The molecule has 1 unspecified atom stereocenters. The summed E-state index contributed by atoms with van der Waals surface area (Å²) in [5.41, 5.74) is 0.0743. The zero-order valence-corrected chi connectivity index (χ0v) is 14.0. The van der Waals surface area contributed by atoms with Crippen LogP contribution >= 0.6 is 0 Å². The molecule has 0 aliphatic rings. The van der Waals surface area contributed by atoms with E-state index in [1.54, 1.807) is 32.2 Å². The SMILES string of the molecule is COc1ccc(NC(=O)NCC(C)(O)c2ccccc2)c(OC)c1. The number of hydrogen-bond donors (Lipinski definition) is 3. The monoisotopic (exact) mass is 330 g/mol. The normalized spacial score (nSPS) is 12.8. The highest BCUT2D eigenvalue weighted by atomic mass is 16.5. The highest BCUT2D eigenvalue weighted by Gasteiger charge is 2.23. The van der Waals surface area contributed by atoms with Crippen LogP contribution in [0.5, 0.6) is 11.5 Å². The van der Waals surface area contributed by atoms with Gasteiger partial charge in [0.05, 0.1) is 26.5 Å². The van der Waals surface area contributed by atoms with E-state index in [1.165, 1.54) is 7.11 Å². The predicted octanol–water partition coefficient (Wildman–Crippen LogP) is 2.73. The molecule has 6 nitrogen and oxygen atoms in total. The van der Waals surface area contributed by atoms with Crippen molar-refractivity contribution in [2.24, 2.45) is 0 Å². The standard InChI is InChI=1S/C18H22N2O4/c1-18(22,13-7-5-4-6-8-13)12-19-17(21)20-15-10-9-14(23-2)11-16(15)24-3/h4-11,22H,12H2,1-3H3,(H2,19,20,21). The quantitative estimate of drug-likeness (QED) is 0.761. The molecule has 0 saturated carbocycles. The van der Waals surface area contributed by atoms with E-state index in [0.29, 0.717) is 17.2 Å². The van der Waals surface area contributed by atoms with Crippen molar-refractivity contribution in [1.29, 1.82) is 0 Å². The topological polar surface area (TPSA) is 79.8 Å². The van der Waals surface area contributed by atoms with Crippen molar-refractivity contribution in [1.82, 2.24) is 5.32 Å². The average Bonchev–Trinajstić information content (AvgIpc) is 2.61. The number of amides is 2. The minimum atomic E-state index is -1.16. The lowest BCUT2D eigenvalue weighted by Crippen LogP contribution is -2.40. The Morgan fingerprint density at radius 1 is 1.12 bits per heavy atom. The Hall–Kier alpha value is -2.73. The summed E-state index contributed by atoms with van der Waals surface area (Å²) in [6, 6.07) is 13.8. The van der Waals surface area contributed by atoms with Gasteiger partial charge >= 0.3 is 6.03 Å². The molecule has 3 N–H and O–H groups in total. The Bertz CT molecular complexity index is 687. The van der Waals surface area contributed by atoms with Crippen LogP contribution in [0.2, 0.25) is 0 Å². The molecule has 2 amide bonds. The van der Waals surface area contributed by atoms with Gasteiger partial charge in [-0.15, -0.1) is 0 Å². The van der Waals surface area contributed by atoms with Gasteiger partial charge in [0.25, 0.3) is 0 Å². The van der Waals surface area contributed by atoms with E-state index in [-0.39, 0.29) is 6.54 Å². The number of ether oxygens (including phenoxy) is 2. The van der Waals surface area contributed by atoms with Crippen molar-refractivity contribution in [2.45, 2.75) is 12.5 Å². The lowest BCUT2D eigenvalue weighted by Gasteiger charge is -2.24.